The number of aromatic amines is 1. The monoisotopic (exact) mass is 349 g/mol. The molecule has 0 aliphatic carbocycles. The first-order valence-corrected chi connectivity index (χ1v) is 7.76. The zero-order valence-corrected chi connectivity index (χ0v) is 13.9. The molecule has 0 saturated heterocycles. The Morgan fingerprint density at radius 1 is 1.17 bits per heavy atom. The summed E-state index contributed by atoms with van der Waals surface area (Å²) >= 11 is 11.9. The smallest absolute Gasteiger partial charge is 0.273 e. The summed E-state index contributed by atoms with van der Waals surface area (Å²) in [5, 5.41) is 0.407. The van der Waals surface area contributed by atoms with E-state index in [1.54, 1.807) is 6.07 Å². The summed E-state index contributed by atoms with van der Waals surface area (Å²) in [6.45, 7) is 4.05. The van der Waals surface area contributed by atoms with E-state index in [2.05, 4.69) is 9.97 Å². The van der Waals surface area contributed by atoms with Gasteiger partial charge in [-0.15, -0.1) is 0 Å². The fourth-order valence-electron chi connectivity index (χ4n) is 2.51. The van der Waals surface area contributed by atoms with Gasteiger partial charge in [-0.3, -0.25) is 9.78 Å². The molecule has 0 atom stereocenters. The van der Waals surface area contributed by atoms with Gasteiger partial charge in [0.2, 0.25) is 0 Å². The number of aromatic nitrogens is 3. The summed E-state index contributed by atoms with van der Waals surface area (Å²) in [7, 11) is 0. The van der Waals surface area contributed by atoms with Gasteiger partial charge in [-0.25, -0.2) is 14.3 Å². The molecule has 7 heteroatoms. The number of nitrogens with zero attached hydrogens (tertiary/aromatic N) is 2. The van der Waals surface area contributed by atoms with E-state index < -0.39 is 11.2 Å². The average molecular weight is 350 g/mol. The highest BCUT2D eigenvalue weighted by atomic mass is 35.5. The molecule has 118 valence electrons. The second-order valence-corrected chi connectivity index (χ2v) is 6.21. The van der Waals surface area contributed by atoms with E-state index in [1.165, 1.54) is 10.6 Å². The summed E-state index contributed by atoms with van der Waals surface area (Å²) in [6, 6.07) is 8.87. The van der Waals surface area contributed by atoms with Crippen LogP contribution in [0.4, 0.5) is 0 Å². The maximum Gasteiger partial charge on any atom is 0.334 e. The highest BCUT2D eigenvalue weighted by molar-refractivity contribution is 6.41. The van der Waals surface area contributed by atoms with E-state index in [0.29, 0.717) is 5.69 Å². The molecule has 0 aliphatic heterocycles. The van der Waals surface area contributed by atoms with Crippen LogP contribution in [0.1, 0.15) is 25.3 Å². The molecule has 1 aromatic carbocycles. The van der Waals surface area contributed by atoms with Crippen LogP contribution in [-0.2, 0) is 0 Å². The van der Waals surface area contributed by atoms with Crippen molar-refractivity contribution in [3.8, 4) is 5.69 Å². The molecule has 0 fully saturated rings. The third kappa shape index (κ3) is 2.66. The van der Waals surface area contributed by atoms with Crippen molar-refractivity contribution in [3.63, 3.8) is 0 Å². The van der Waals surface area contributed by atoms with Crippen molar-refractivity contribution in [1.29, 1.82) is 0 Å². The molecule has 3 aromatic rings. The highest BCUT2D eigenvalue weighted by Crippen LogP contribution is 2.26. The molecule has 0 spiro atoms. The molecule has 1 N–H and O–H groups in total. The summed E-state index contributed by atoms with van der Waals surface area (Å²) < 4.78 is 1.36. The summed E-state index contributed by atoms with van der Waals surface area (Å²) in [5.41, 5.74) is 0.674. The number of fused-ring (bicyclic) bond motifs is 1. The Bertz CT molecular complexity index is 1020. The van der Waals surface area contributed by atoms with E-state index in [9.17, 15) is 9.59 Å². The van der Waals surface area contributed by atoms with Gasteiger partial charge in [0.05, 0.1) is 16.1 Å². The average Bonchev–Trinajstić information content (AvgIpc) is 2.50. The predicted molar refractivity (Wildman–Crippen MR) is 92.1 cm³/mol. The molecule has 0 saturated carbocycles. The first kappa shape index (κ1) is 15.8. The minimum absolute atomic E-state index is 0.0416. The van der Waals surface area contributed by atoms with Crippen LogP contribution in [0.5, 0.6) is 0 Å². The topological polar surface area (TPSA) is 67.8 Å². The van der Waals surface area contributed by atoms with Crippen molar-refractivity contribution < 1.29 is 0 Å². The molecule has 0 aliphatic rings. The number of rotatable bonds is 2. The minimum Gasteiger partial charge on any atom is -0.273 e. The largest absolute Gasteiger partial charge is 0.334 e. The molecule has 2 aromatic heterocycles. The SMILES string of the molecule is CC(C)c1ccccc1-n1c(=O)[nH]c(=O)c2cc(Cl)c(Cl)nc21. The highest BCUT2D eigenvalue weighted by Gasteiger charge is 2.16. The molecule has 2 heterocycles. The third-order valence-corrected chi connectivity index (χ3v) is 4.27. The van der Waals surface area contributed by atoms with Crippen LogP contribution in [0, 0.1) is 0 Å². The van der Waals surface area contributed by atoms with Crippen LogP contribution in [0.15, 0.2) is 39.9 Å². The molecular weight excluding hydrogens is 337 g/mol. The number of nitrogens with one attached hydrogen (secondary N) is 1. The minimum atomic E-state index is -0.568. The van der Waals surface area contributed by atoms with E-state index in [-0.39, 0.29) is 27.1 Å². The number of H-pyrrole nitrogens is 1. The number of hydrogen-bond donors (Lipinski definition) is 1. The second-order valence-electron chi connectivity index (χ2n) is 5.44. The van der Waals surface area contributed by atoms with Crippen molar-refractivity contribution in [2.24, 2.45) is 0 Å². The molecule has 0 unspecified atom stereocenters. The van der Waals surface area contributed by atoms with Crippen molar-refractivity contribution in [3.05, 3.63) is 66.9 Å². The van der Waals surface area contributed by atoms with E-state index in [1.807, 2.05) is 32.0 Å². The number of benzene rings is 1. The van der Waals surface area contributed by atoms with Crippen molar-refractivity contribution in [1.82, 2.24) is 14.5 Å². The van der Waals surface area contributed by atoms with Crippen LogP contribution < -0.4 is 11.2 Å². The first-order valence-electron chi connectivity index (χ1n) is 7.00. The number of pyridine rings is 1. The Labute approximate surface area is 141 Å². The fraction of sp³-hybridized carbons (Fsp3) is 0.188. The van der Waals surface area contributed by atoms with Gasteiger partial charge in [-0.2, -0.15) is 0 Å². The summed E-state index contributed by atoms with van der Waals surface area (Å²) in [6.07, 6.45) is 0. The van der Waals surface area contributed by atoms with Crippen molar-refractivity contribution in [2.75, 3.05) is 0 Å². The number of para-hydroxylation sites is 1. The molecule has 0 amide bonds. The number of halogens is 2. The van der Waals surface area contributed by atoms with Gasteiger partial charge < -0.3 is 0 Å². The molecular formula is C16H13Cl2N3O2. The van der Waals surface area contributed by atoms with Gasteiger partial charge in [0.15, 0.2) is 5.65 Å². The van der Waals surface area contributed by atoms with Crippen molar-refractivity contribution >= 4 is 34.2 Å². The Morgan fingerprint density at radius 2 is 1.87 bits per heavy atom. The Hall–Kier alpha value is -2.11. The molecule has 0 radical (unpaired) electrons. The molecule has 23 heavy (non-hydrogen) atoms. The lowest BCUT2D eigenvalue weighted by Crippen LogP contribution is -2.30. The van der Waals surface area contributed by atoms with Crippen LogP contribution in [-0.4, -0.2) is 14.5 Å². The van der Waals surface area contributed by atoms with Gasteiger partial charge in [-0.05, 0) is 23.6 Å². The van der Waals surface area contributed by atoms with Crippen LogP contribution in [0.25, 0.3) is 16.7 Å². The van der Waals surface area contributed by atoms with Gasteiger partial charge in [0.25, 0.3) is 5.56 Å². The Kier molecular flexibility index (Phi) is 4.00. The zero-order chi connectivity index (χ0) is 16.7. The lowest BCUT2D eigenvalue weighted by molar-refractivity contribution is 0.831. The lowest BCUT2D eigenvalue weighted by atomic mass is 10.0. The van der Waals surface area contributed by atoms with Gasteiger partial charge >= 0.3 is 5.69 Å². The predicted octanol–water partition coefficient (Wildman–Crippen LogP) is 3.50. The molecule has 3 rings (SSSR count). The Morgan fingerprint density at radius 3 is 2.57 bits per heavy atom. The number of hydrogen-bond acceptors (Lipinski definition) is 3. The maximum absolute atomic E-state index is 12.4. The zero-order valence-electron chi connectivity index (χ0n) is 12.4. The Balaban J connectivity index is 2.51. The first-order chi connectivity index (χ1) is 10.9. The summed E-state index contributed by atoms with van der Waals surface area (Å²) in [5.74, 6) is 0.183. The second kappa shape index (κ2) is 5.83. The van der Waals surface area contributed by atoms with Gasteiger partial charge in [0.1, 0.15) is 5.15 Å². The van der Waals surface area contributed by atoms with Gasteiger partial charge in [0, 0.05) is 0 Å². The fourth-order valence-corrected chi connectivity index (χ4v) is 2.80. The quantitative estimate of drug-likeness (QED) is 0.720. The lowest BCUT2D eigenvalue weighted by Gasteiger charge is -2.15. The normalized spacial score (nSPS) is 11.3. The standard InChI is InChI=1S/C16H13Cl2N3O2/c1-8(2)9-5-3-4-6-12(9)21-14-10(15(22)20-16(21)23)7-11(17)13(18)19-14/h3-8H,1-2H3,(H,20,22,23). The maximum atomic E-state index is 12.4. The van der Waals surface area contributed by atoms with Crippen LogP contribution in [0.2, 0.25) is 10.2 Å². The third-order valence-electron chi connectivity index (χ3n) is 3.59. The van der Waals surface area contributed by atoms with E-state index in [0.717, 1.165) is 5.56 Å². The van der Waals surface area contributed by atoms with E-state index in [4.69, 9.17) is 23.2 Å². The van der Waals surface area contributed by atoms with Gasteiger partial charge in [-0.1, -0.05) is 55.2 Å². The van der Waals surface area contributed by atoms with Crippen LogP contribution >= 0.6 is 23.2 Å². The van der Waals surface area contributed by atoms with Crippen molar-refractivity contribution in [2.45, 2.75) is 19.8 Å². The summed E-state index contributed by atoms with van der Waals surface area (Å²) in [4.78, 5) is 30.9. The van der Waals surface area contributed by atoms with Crippen LogP contribution in [0.3, 0.4) is 0 Å². The van der Waals surface area contributed by atoms with E-state index >= 15 is 0 Å². The molecule has 5 nitrogen and oxygen atoms in total. The molecule has 0 bridgehead atoms.